The van der Waals surface area contributed by atoms with Gasteiger partial charge in [-0.2, -0.15) is 0 Å². The molecule has 1 unspecified atom stereocenters. The molecule has 1 aliphatic rings. The number of hydrogen-bond donors (Lipinski definition) is 0. The van der Waals surface area contributed by atoms with Crippen molar-refractivity contribution in [2.75, 3.05) is 0 Å². The highest BCUT2D eigenvalue weighted by molar-refractivity contribution is 7.95. The van der Waals surface area contributed by atoms with Gasteiger partial charge in [0, 0.05) is 0 Å². The molecule has 0 spiro atoms. The van der Waals surface area contributed by atoms with Gasteiger partial charge in [-0.15, -0.1) is 0 Å². The van der Waals surface area contributed by atoms with Crippen molar-refractivity contribution in [2.45, 2.75) is 20.8 Å². The van der Waals surface area contributed by atoms with Gasteiger partial charge in [0.2, 0.25) is 0 Å². The van der Waals surface area contributed by atoms with Gasteiger partial charge in [-0.25, -0.2) is 0 Å². The van der Waals surface area contributed by atoms with Crippen molar-refractivity contribution in [2.24, 2.45) is 4.52 Å². The molecule has 0 aromatic heterocycles. The second-order valence-corrected chi connectivity index (χ2v) is 13.7. The lowest BCUT2D eigenvalue weighted by Gasteiger charge is -2.35. The quantitative estimate of drug-likeness (QED) is 0.291. The number of rotatable bonds is 5. The van der Waals surface area contributed by atoms with Gasteiger partial charge in [-0.05, 0) is 59.2 Å². The number of nitrogens with zero attached hydrogens (tertiary/aromatic N) is 1. The Balaban J connectivity index is 2.20. The molecule has 4 rings (SSSR count). The van der Waals surface area contributed by atoms with E-state index >= 15 is 0 Å². The van der Waals surface area contributed by atoms with Crippen LogP contribution in [0.2, 0.25) is 0 Å². The highest BCUT2D eigenvalue weighted by Gasteiger charge is 2.33. The maximum absolute atomic E-state index is 5.97. The summed E-state index contributed by atoms with van der Waals surface area (Å²) in [5.74, 6) is 4.89. The van der Waals surface area contributed by atoms with E-state index in [1.54, 1.807) is 0 Å². The summed E-state index contributed by atoms with van der Waals surface area (Å²) in [7, 11) is -4.24. The number of allylic oxidation sites excluding steroid dienone is 5. The van der Waals surface area contributed by atoms with Gasteiger partial charge in [0.1, 0.15) is 0 Å². The molecule has 3 aromatic carbocycles. The Morgan fingerprint density at radius 3 is 1.65 bits per heavy atom. The predicted molar refractivity (Wildman–Crippen MR) is 143 cm³/mol. The first kappa shape index (κ1) is 21.6. The van der Waals surface area contributed by atoms with E-state index in [0.29, 0.717) is 0 Å². The van der Waals surface area contributed by atoms with Crippen molar-refractivity contribution in [3.63, 3.8) is 0 Å². The van der Waals surface area contributed by atoms with Crippen LogP contribution in [0, 0.1) is 0 Å². The first-order valence-corrected chi connectivity index (χ1v) is 14.3. The lowest BCUT2D eigenvalue weighted by Crippen LogP contribution is -2.19. The van der Waals surface area contributed by atoms with Crippen LogP contribution < -0.4 is 15.9 Å². The molecule has 1 atom stereocenters. The summed E-state index contributed by atoms with van der Waals surface area (Å²) in [6.07, 6.45) is 6.65. The maximum atomic E-state index is 5.97. The zero-order valence-corrected chi connectivity index (χ0v) is 20.2. The first-order chi connectivity index (χ1) is 15.1. The van der Waals surface area contributed by atoms with E-state index in [4.69, 9.17) is 4.52 Å². The van der Waals surface area contributed by atoms with Crippen LogP contribution in [-0.2, 0) is 0 Å². The standard InChI is InChI=1S/C28H29NP2/c1-4-15-25(5-2)30(26-16-9-6-10-17-26)22-24(3)23-31(29-30,27-18-11-7-12-19-27)28-20-13-8-14-21-28/h4-23H,1-3H3/b15-4-,25-5+. The fourth-order valence-corrected chi connectivity index (χ4v) is 13.4. The number of hydrogen-bond acceptors (Lipinski definition) is 1. The third-order valence-electron chi connectivity index (χ3n) is 5.54. The van der Waals surface area contributed by atoms with E-state index in [0.717, 1.165) is 0 Å². The molecule has 3 heteroatoms. The van der Waals surface area contributed by atoms with E-state index in [-0.39, 0.29) is 0 Å². The molecule has 0 radical (unpaired) electrons. The van der Waals surface area contributed by atoms with Gasteiger partial charge in [-0.1, -0.05) is 109 Å². The molecular formula is C28H29NP2. The van der Waals surface area contributed by atoms with Gasteiger partial charge < -0.3 is 0 Å². The first-order valence-electron chi connectivity index (χ1n) is 10.7. The van der Waals surface area contributed by atoms with E-state index in [1.165, 1.54) is 26.8 Å². The average molecular weight is 441 g/mol. The smallest absolute Gasteiger partial charge is 0.0533 e. The monoisotopic (exact) mass is 441 g/mol. The summed E-state index contributed by atoms with van der Waals surface area (Å²) in [4.78, 5) is 0. The lowest BCUT2D eigenvalue weighted by molar-refractivity contribution is 1.61. The summed E-state index contributed by atoms with van der Waals surface area (Å²) >= 11 is 0. The van der Waals surface area contributed by atoms with Crippen LogP contribution in [0.4, 0.5) is 0 Å². The molecule has 31 heavy (non-hydrogen) atoms. The Labute approximate surface area is 187 Å². The van der Waals surface area contributed by atoms with Gasteiger partial charge >= 0.3 is 0 Å². The Morgan fingerprint density at radius 1 is 0.710 bits per heavy atom. The third-order valence-corrected chi connectivity index (χ3v) is 13.8. The minimum atomic E-state index is -2.12. The van der Waals surface area contributed by atoms with Crippen LogP contribution in [0.3, 0.4) is 0 Å². The van der Waals surface area contributed by atoms with Gasteiger partial charge in [0.05, 0.1) is 14.1 Å². The minimum Gasteiger partial charge on any atom is -0.260 e. The van der Waals surface area contributed by atoms with Crippen molar-refractivity contribution in [1.29, 1.82) is 0 Å². The summed E-state index contributed by atoms with van der Waals surface area (Å²) in [5.41, 5.74) is 1.32. The molecule has 1 heterocycles. The lowest BCUT2D eigenvalue weighted by atomic mass is 10.4. The van der Waals surface area contributed by atoms with Gasteiger partial charge in [0.25, 0.3) is 0 Å². The van der Waals surface area contributed by atoms with Crippen molar-refractivity contribution in [3.05, 3.63) is 126 Å². The van der Waals surface area contributed by atoms with Crippen LogP contribution in [0.15, 0.2) is 130 Å². The third kappa shape index (κ3) is 4.01. The molecule has 3 aromatic rings. The van der Waals surface area contributed by atoms with Crippen LogP contribution in [0.5, 0.6) is 0 Å². The van der Waals surface area contributed by atoms with Gasteiger partial charge in [-0.3, -0.25) is 4.52 Å². The van der Waals surface area contributed by atoms with Crippen LogP contribution in [0.1, 0.15) is 20.8 Å². The molecule has 0 aliphatic carbocycles. The van der Waals surface area contributed by atoms with E-state index in [9.17, 15) is 0 Å². The Kier molecular flexibility index (Phi) is 6.47. The largest absolute Gasteiger partial charge is 0.260 e. The van der Waals surface area contributed by atoms with Crippen LogP contribution >= 0.6 is 14.1 Å². The zero-order chi connectivity index (χ0) is 21.7. The van der Waals surface area contributed by atoms with E-state index < -0.39 is 14.1 Å². The van der Waals surface area contributed by atoms with Crippen molar-refractivity contribution < 1.29 is 0 Å². The molecular weight excluding hydrogens is 412 g/mol. The maximum Gasteiger partial charge on any atom is 0.0533 e. The van der Waals surface area contributed by atoms with Crippen LogP contribution in [0.25, 0.3) is 0 Å². The normalized spacial score (nSPS) is 20.6. The molecule has 0 N–H and O–H groups in total. The Bertz CT molecular complexity index is 1200. The zero-order valence-electron chi connectivity index (χ0n) is 18.4. The fourth-order valence-electron chi connectivity index (χ4n) is 4.24. The van der Waals surface area contributed by atoms with Crippen LogP contribution in [-0.4, -0.2) is 5.80 Å². The molecule has 0 fully saturated rings. The molecule has 0 bridgehead atoms. The second kappa shape index (κ2) is 9.27. The highest BCUT2D eigenvalue weighted by Crippen LogP contribution is 2.68. The van der Waals surface area contributed by atoms with E-state index in [2.05, 4.69) is 142 Å². The van der Waals surface area contributed by atoms with Crippen molar-refractivity contribution >= 4 is 35.8 Å². The van der Waals surface area contributed by atoms with Crippen molar-refractivity contribution in [3.8, 4) is 0 Å². The molecule has 156 valence electrons. The predicted octanol–water partition coefficient (Wildman–Crippen LogP) is 7.30. The summed E-state index contributed by atoms with van der Waals surface area (Å²) in [6.45, 7) is 6.48. The summed E-state index contributed by atoms with van der Waals surface area (Å²) in [6, 6.07) is 32.6. The topological polar surface area (TPSA) is 12.4 Å². The number of benzene rings is 3. The minimum absolute atomic E-state index is 1.31. The van der Waals surface area contributed by atoms with Crippen molar-refractivity contribution in [1.82, 2.24) is 0 Å². The SMILES string of the molecule is C/C=C\C(=C/C)P1(c2ccccc2)=CC(C)=CP(c2ccccc2)(c2ccccc2)=N1. The average Bonchev–Trinajstić information content (AvgIpc) is 2.83. The van der Waals surface area contributed by atoms with Gasteiger partial charge in [0.15, 0.2) is 0 Å². The molecule has 0 saturated carbocycles. The fraction of sp³-hybridized carbons (Fsp3) is 0.107. The molecule has 1 nitrogen and oxygen atoms in total. The second-order valence-electron chi connectivity index (χ2n) is 7.68. The molecule has 0 saturated heterocycles. The molecule has 1 aliphatic heterocycles. The Morgan fingerprint density at radius 2 is 1.19 bits per heavy atom. The Hall–Kier alpha value is -2.59. The molecule has 0 amide bonds. The summed E-state index contributed by atoms with van der Waals surface area (Å²) < 4.78 is 5.97. The highest BCUT2D eigenvalue weighted by atomic mass is 31.2. The van der Waals surface area contributed by atoms with E-state index in [1.807, 2.05) is 0 Å². The summed E-state index contributed by atoms with van der Waals surface area (Å²) in [5, 5.41) is 5.24.